The number of unbranched alkanes of at least 4 members (excludes halogenated alkanes) is 15. The molecule has 3 nitrogen and oxygen atoms in total. The SMILES string of the molecule is CCC/C=C\CCCCCCCCCCCCCCCCC(CCC)([P+](=O)[O-])[N+](C)(C)C. The first-order valence-corrected chi connectivity index (χ1v) is 15.1. The van der Waals surface area contributed by atoms with Crippen LogP contribution in [0.15, 0.2) is 12.2 Å². The van der Waals surface area contributed by atoms with Crippen molar-refractivity contribution in [3.8, 4) is 0 Å². The van der Waals surface area contributed by atoms with Crippen LogP contribution in [0.1, 0.15) is 142 Å². The summed E-state index contributed by atoms with van der Waals surface area (Å²) < 4.78 is 12.6. The van der Waals surface area contributed by atoms with Crippen molar-refractivity contribution in [2.45, 2.75) is 148 Å². The molecule has 0 aromatic rings. The van der Waals surface area contributed by atoms with Gasteiger partial charge in [0.2, 0.25) is 0 Å². The van der Waals surface area contributed by atoms with Gasteiger partial charge >= 0.3 is 8.03 Å². The highest BCUT2D eigenvalue weighted by Crippen LogP contribution is 2.45. The zero-order valence-electron chi connectivity index (χ0n) is 22.5. The van der Waals surface area contributed by atoms with E-state index in [1.807, 2.05) is 21.1 Å². The van der Waals surface area contributed by atoms with Gasteiger partial charge in [-0.05, 0) is 32.1 Å². The van der Waals surface area contributed by atoms with Crippen molar-refractivity contribution in [1.29, 1.82) is 0 Å². The second-order valence-electron chi connectivity index (χ2n) is 10.8. The summed E-state index contributed by atoms with van der Waals surface area (Å²) in [5, 5.41) is -0.588. The van der Waals surface area contributed by atoms with Gasteiger partial charge in [0.05, 0.1) is 21.1 Å². The number of nitrogens with zero attached hydrogens (tertiary/aromatic N) is 1. The van der Waals surface area contributed by atoms with Crippen molar-refractivity contribution in [2.75, 3.05) is 21.1 Å². The highest BCUT2D eigenvalue weighted by molar-refractivity contribution is 7.38. The minimum absolute atomic E-state index is 0.524. The van der Waals surface area contributed by atoms with E-state index in [-0.39, 0.29) is 0 Å². The normalized spacial score (nSPS) is 14.8. The summed E-state index contributed by atoms with van der Waals surface area (Å²) in [4.78, 5) is 12.1. The third-order valence-corrected chi connectivity index (χ3v) is 8.79. The van der Waals surface area contributed by atoms with Gasteiger partial charge < -0.3 is 4.89 Å². The first-order chi connectivity index (χ1) is 15.3. The molecule has 0 rings (SSSR count). The highest BCUT2D eigenvalue weighted by atomic mass is 31.1. The van der Waals surface area contributed by atoms with E-state index < -0.39 is 13.3 Å². The lowest BCUT2D eigenvalue weighted by Crippen LogP contribution is -2.55. The number of hydrogen-bond acceptors (Lipinski definition) is 2. The molecular weight excluding hydrogens is 413 g/mol. The first kappa shape index (κ1) is 31.8. The zero-order chi connectivity index (χ0) is 24.1. The number of rotatable bonds is 23. The Morgan fingerprint density at radius 1 is 0.625 bits per heavy atom. The van der Waals surface area contributed by atoms with Crippen molar-refractivity contribution in [2.24, 2.45) is 0 Å². The van der Waals surface area contributed by atoms with Crippen LogP contribution in [-0.4, -0.2) is 30.9 Å². The molecule has 0 aromatic heterocycles. The van der Waals surface area contributed by atoms with Gasteiger partial charge in [0, 0.05) is 12.8 Å². The zero-order valence-corrected chi connectivity index (χ0v) is 23.4. The van der Waals surface area contributed by atoms with E-state index in [0.29, 0.717) is 4.48 Å². The molecule has 0 saturated heterocycles. The summed E-state index contributed by atoms with van der Waals surface area (Å²) in [6.07, 6.45) is 29.7. The smallest absolute Gasteiger partial charge is 0.376 e. The Labute approximate surface area is 202 Å². The number of hydrogen-bond donors (Lipinski definition) is 0. The molecule has 0 aliphatic heterocycles. The fourth-order valence-electron chi connectivity index (χ4n) is 4.82. The van der Waals surface area contributed by atoms with E-state index in [1.165, 1.54) is 103 Å². The van der Waals surface area contributed by atoms with E-state index in [2.05, 4.69) is 26.0 Å². The van der Waals surface area contributed by atoms with E-state index in [4.69, 9.17) is 0 Å². The summed E-state index contributed by atoms with van der Waals surface area (Å²) in [5.41, 5.74) is 0. The Kier molecular flexibility index (Phi) is 20.0. The summed E-state index contributed by atoms with van der Waals surface area (Å²) in [7, 11) is 3.69. The van der Waals surface area contributed by atoms with Crippen LogP contribution in [0.4, 0.5) is 0 Å². The Morgan fingerprint density at radius 2 is 1.03 bits per heavy atom. The minimum Gasteiger partial charge on any atom is -0.590 e. The summed E-state index contributed by atoms with van der Waals surface area (Å²) in [5.74, 6) is 0. The molecule has 0 aliphatic rings. The average molecular weight is 471 g/mol. The van der Waals surface area contributed by atoms with Crippen LogP contribution in [0.25, 0.3) is 0 Å². The van der Waals surface area contributed by atoms with Crippen LogP contribution in [0, 0.1) is 0 Å². The minimum atomic E-state index is -2.42. The van der Waals surface area contributed by atoms with E-state index in [0.717, 1.165) is 25.7 Å². The molecule has 0 radical (unpaired) electrons. The predicted molar refractivity (Wildman–Crippen MR) is 141 cm³/mol. The molecule has 2 unspecified atom stereocenters. The van der Waals surface area contributed by atoms with Gasteiger partial charge in [-0.25, -0.2) is 0 Å². The topological polar surface area (TPSA) is 40.1 Å². The van der Waals surface area contributed by atoms with Gasteiger partial charge in [0.15, 0.2) is 0 Å². The quantitative estimate of drug-likeness (QED) is 0.0647. The third-order valence-electron chi connectivity index (χ3n) is 7.06. The summed E-state index contributed by atoms with van der Waals surface area (Å²) >= 11 is 0. The lowest BCUT2D eigenvalue weighted by Gasteiger charge is -2.39. The molecule has 0 spiro atoms. The van der Waals surface area contributed by atoms with Crippen molar-refractivity contribution in [3.05, 3.63) is 12.2 Å². The number of allylic oxidation sites excluding steroid dienone is 2. The van der Waals surface area contributed by atoms with Gasteiger partial charge in [-0.3, -0.25) is 4.48 Å². The molecule has 0 aliphatic carbocycles. The predicted octanol–water partition coefficient (Wildman–Crippen LogP) is 8.89. The van der Waals surface area contributed by atoms with Gasteiger partial charge in [-0.1, -0.05) is 114 Å². The second-order valence-corrected chi connectivity index (χ2v) is 12.1. The lowest BCUT2D eigenvalue weighted by molar-refractivity contribution is -0.910. The third kappa shape index (κ3) is 14.8. The van der Waals surface area contributed by atoms with Gasteiger partial charge in [-0.2, -0.15) is 0 Å². The van der Waals surface area contributed by atoms with E-state index in [9.17, 15) is 9.46 Å². The molecule has 0 fully saturated rings. The maximum absolute atomic E-state index is 12.1. The molecule has 2 atom stereocenters. The molecule has 0 N–H and O–H groups in total. The molecular formula is C28H57NO2P+. The van der Waals surface area contributed by atoms with Crippen LogP contribution in [0.3, 0.4) is 0 Å². The fraction of sp³-hybridized carbons (Fsp3) is 0.929. The maximum Gasteiger partial charge on any atom is 0.376 e. The average Bonchev–Trinajstić information content (AvgIpc) is 2.73. The van der Waals surface area contributed by atoms with Gasteiger partial charge in [-0.15, -0.1) is 0 Å². The van der Waals surface area contributed by atoms with Crippen molar-refractivity contribution < 1.29 is 13.9 Å². The largest absolute Gasteiger partial charge is 0.590 e. The molecule has 0 amide bonds. The standard InChI is InChI=1S/C28H57NO2P/c1-6-8-9-10-11-12-13-14-15-16-17-18-19-20-21-22-23-24-25-27-28(26-7-2,32(30)31)29(3,4)5/h9-10H,6-8,11-27H2,1-5H3/q+1/b10-9-. The van der Waals surface area contributed by atoms with E-state index in [1.54, 1.807) is 0 Å². The molecule has 4 heteroatoms. The first-order valence-electron chi connectivity index (χ1n) is 13.9. The second kappa shape index (κ2) is 20.2. The van der Waals surface area contributed by atoms with Gasteiger partial charge in [0.25, 0.3) is 5.28 Å². The van der Waals surface area contributed by atoms with Gasteiger partial charge in [0.1, 0.15) is 0 Å². The summed E-state index contributed by atoms with van der Waals surface area (Å²) in [6, 6.07) is 0. The van der Waals surface area contributed by atoms with Crippen LogP contribution in [-0.2, 0) is 4.57 Å². The molecule has 0 bridgehead atoms. The Bertz CT molecular complexity index is 473. The maximum atomic E-state index is 12.1. The van der Waals surface area contributed by atoms with Crippen LogP contribution >= 0.6 is 8.03 Å². The Morgan fingerprint density at radius 3 is 1.41 bits per heavy atom. The lowest BCUT2D eigenvalue weighted by atomic mass is 9.99. The van der Waals surface area contributed by atoms with Crippen molar-refractivity contribution in [3.63, 3.8) is 0 Å². The van der Waals surface area contributed by atoms with Crippen molar-refractivity contribution in [1.82, 2.24) is 0 Å². The number of quaternary nitrogens is 1. The van der Waals surface area contributed by atoms with Crippen LogP contribution < -0.4 is 4.89 Å². The van der Waals surface area contributed by atoms with E-state index >= 15 is 0 Å². The molecule has 190 valence electrons. The van der Waals surface area contributed by atoms with Crippen LogP contribution in [0.5, 0.6) is 0 Å². The Hall–Kier alpha value is -0.240. The monoisotopic (exact) mass is 470 g/mol. The molecule has 0 heterocycles. The molecule has 32 heavy (non-hydrogen) atoms. The Balaban J connectivity index is 3.58. The molecule has 0 aromatic carbocycles. The fourth-order valence-corrected chi connectivity index (χ4v) is 6.05. The van der Waals surface area contributed by atoms with Crippen molar-refractivity contribution >= 4 is 8.03 Å². The van der Waals surface area contributed by atoms with Crippen LogP contribution in [0.2, 0.25) is 0 Å². The summed E-state index contributed by atoms with van der Waals surface area (Å²) in [6.45, 7) is 4.33. The highest BCUT2D eigenvalue weighted by Gasteiger charge is 2.53. The molecule has 0 saturated carbocycles.